The van der Waals surface area contributed by atoms with E-state index in [1.807, 2.05) is 25.3 Å². The first-order valence-electron chi connectivity index (χ1n) is 7.66. The SMILES string of the molecule is Cc1csc(-c2cccc(S(=O)(=O)N3CCC(N)C(C)C3)c2)n1.Cl. The van der Waals surface area contributed by atoms with Gasteiger partial charge in [-0.05, 0) is 31.4 Å². The highest BCUT2D eigenvalue weighted by Gasteiger charge is 2.32. The summed E-state index contributed by atoms with van der Waals surface area (Å²) in [5, 5.41) is 2.80. The molecular formula is C16H22ClN3O2S2. The van der Waals surface area contributed by atoms with Crippen molar-refractivity contribution in [2.75, 3.05) is 13.1 Å². The molecule has 5 nitrogen and oxygen atoms in total. The fraction of sp³-hybridized carbons (Fsp3) is 0.438. The Morgan fingerprint density at radius 3 is 2.75 bits per heavy atom. The van der Waals surface area contributed by atoms with Crippen LogP contribution in [0.1, 0.15) is 19.0 Å². The Kier molecular flexibility index (Phi) is 6.04. The minimum absolute atomic E-state index is 0. The Morgan fingerprint density at radius 2 is 2.12 bits per heavy atom. The summed E-state index contributed by atoms with van der Waals surface area (Å²) in [6.45, 7) is 4.89. The zero-order valence-corrected chi connectivity index (χ0v) is 16.1. The van der Waals surface area contributed by atoms with E-state index in [9.17, 15) is 8.42 Å². The summed E-state index contributed by atoms with van der Waals surface area (Å²) < 4.78 is 27.3. The average Bonchev–Trinajstić information content (AvgIpc) is 2.96. The van der Waals surface area contributed by atoms with Gasteiger partial charge in [-0.15, -0.1) is 23.7 Å². The molecule has 2 unspecified atom stereocenters. The van der Waals surface area contributed by atoms with Crippen molar-refractivity contribution < 1.29 is 8.42 Å². The monoisotopic (exact) mass is 387 g/mol. The highest BCUT2D eigenvalue weighted by atomic mass is 35.5. The minimum Gasteiger partial charge on any atom is -0.327 e. The van der Waals surface area contributed by atoms with Gasteiger partial charge in [0.1, 0.15) is 5.01 Å². The van der Waals surface area contributed by atoms with Crippen molar-refractivity contribution in [1.82, 2.24) is 9.29 Å². The number of halogens is 1. The fourth-order valence-electron chi connectivity index (χ4n) is 2.77. The molecule has 2 aromatic rings. The zero-order valence-electron chi connectivity index (χ0n) is 13.7. The number of thiazole rings is 1. The van der Waals surface area contributed by atoms with Crippen molar-refractivity contribution in [3.8, 4) is 10.6 Å². The maximum Gasteiger partial charge on any atom is 0.243 e. The van der Waals surface area contributed by atoms with Gasteiger partial charge in [0, 0.05) is 35.8 Å². The third-order valence-corrected chi connectivity index (χ3v) is 7.14. The molecule has 1 aliphatic heterocycles. The van der Waals surface area contributed by atoms with Crippen molar-refractivity contribution in [2.24, 2.45) is 11.7 Å². The molecule has 0 saturated carbocycles. The first-order chi connectivity index (χ1) is 10.9. The first-order valence-corrected chi connectivity index (χ1v) is 9.98. The maximum atomic E-state index is 12.9. The van der Waals surface area contributed by atoms with Crippen LogP contribution in [-0.2, 0) is 10.0 Å². The number of hydrogen-bond acceptors (Lipinski definition) is 5. The van der Waals surface area contributed by atoms with Gasteiger partial charge in [-0.3, -0.25) is 0 Å². The second kappa shape index (κ2) is 7.49. The number of benzene rings is 1. The fourth-order valence-corrected chi connectivity index (χ4v) is 5.17. The minimum atomic E-state index is -3.49. The lowest BCUT2D eigenvalue weighted by molar-refractivity contribution is 0.250. The second-order valence-electron chi connectivity index (χ2n) is 6.11. The third-order valence-electron chi connectivity index (χ3n) is 4.27. The van der Waals surface area contributed by atoms with E-state index >= 15 is 0 Å². The van der Waals surface area contributed by atoms with Crippen molar-refractivity contribution >= 4 is 33.8 Å². The van der Waals surface area contributed by atoms with Crippen LogP contribution in [0.3, 0.4) is 0 Å². The number of aryl methyl sites for hydroxylation is 1. The molecule has 2 N–H and O–H groups in total. The van der Waals surface area contributed by atoms with Crippen LogP contribution < -0.4 is 5.73 Å². The Balaban J connectivity index is 0.00000208. The van der Waals surface area contributed by atoms with Gasteiger partial charge < -0.3 is 5.73 Å². The number of aromatic nitrogens is 1. The highest BCUT2D eigenvalue weighted by Crippen LogP contribution is 2.28. The molecule has 2 heterocycles. The summed E-state index contributed by atoms with van der Waals surface area (Å²) >= 11 is 1.52. The van der Waals surface area contributed by atoms with Gasteiger partial charge in [-0.1, -0.05) is 19.1 Å². The maximum absolute atomic E-state index is 12.9. The van der Waals surface area contributed by atoms with E-state index in [1.165, 1.54) is 11.3 Å². The van der Waals surface area contributed by atoms with Gasteiger partial charge in [0.2, 0.25) is 10.0 Å². The van der Waals surface area contributed by atoms with Gasteiger partial charge in [0.05, 0.1) is 4.90 Å². The van der Waals surface area contributed by atoms with E-state index < -0.39 is 10.0 Å². The molecule has 0 amide bonds. The molecule has 1 aromatic carbocycles. The third kappa shape index (κ3) is 3.81. The normalized spacial score (nSPS) is 22.1. The van der Waals surface area contributed by atoms with Gasteiger partial charge in [-0.25, -0.2) is 13.4 Å². The van der Waals surface area contributed by atoms with E-state index in [4.69, 9.17) is 5.73 Å². The topological polar surface area (TPSA) is 76.3 Å². The van der Waals surface area contributed by atoms with Crippen LogP contribution in [0.2, 0.25) is 0 Å². The quantitative estimate of drug-likeness (QED) is 0.878. The molecule has 0 spiro atoms. The molecule has 0 bridgehead atoms. The number of nitrogens with two attached hydrogens (primary N) is 1. The molecule has 2 atom stereocenters. The molecule has 0 radical (unpaired) electrons. The molecular weight excluding hydrogens is 366 g/mol. The molecule has 1 aliphatic rings. The van der Waals surface area contributed by atoms with Crippen LogP contribution in [0.5, 0.6) is 0 Å². The summed E-state index contributed by atoms with van der Waals surface area (Å²) in [5.74, 6) is 0.170. The van der Waals surface area contributed by atoms with Crippen molar-refractivity contribution in [3.05, 3.63) is 35.3 Å². The summed E-state index contributed by atoms with van der Waals surface area (Å²) in [7, 11) is -3.49. The first kappa shape index (κ1) is 19.3. The second-order valence-corrected chi connectivity index (χ2v) is 8.91. The van der Waals surface area contributed by atoms with Crippen LogP contribution in [0.25, 0.3) is 10.6 Å². The Bertz CT molecular complexity index is 807. The van der Waals surface area contributed by atoms with E-state index in [-0.39, 0.29) is 24.4 Å². The van der Waals surface area contributed by atoms with E-state index in [0.717, 1.165) is 16.3 Å². The van der Waals surface area contributed by atoms with Crippen LogP contribution in [-0.4, -0.2) is 36.8 Å². The lowest BCUT2D eigenvalue weighted by Crippen LogP contribution is -2.48. The van der Waals surface area contributed by atoms with Crippen molar-refractivity contribution in [2.45, 2.75) is 31.2 Å². The number of nitrogens with zero attached hydrogens (tertiary/aromatic N) is 2. The van der Waals surface area contributed by atoms with E-state index in [0.29, 0.717) is 24.4 Å². The zero-order chi connectivity index (χ0) is 16.6. The largest absolute Gasteiger partial charge is 0.327 e. The van der Waals surface area contributed by atoms with Crippen molar-refractivity contribution in [1.29, 1.82) is 0 Å². The number of rotatable bonds is 3. The number of hydrogen-bond donors (Lipinski definition) is 1. The van der Waals surface area contributed by atoms with Crippen LogP contribution >= 0.6 is 23.7 Å². The molecule has 3 rings (SSSR count). The van der Waals surface area contributed by atoms with Gasteiger partial charge >= 0.3 is 0 Å². The summed E-state index contributed by atoms with van der Waals surface area (Å²) in [4.78, 5) is 4.76. The molecule has 8 heteroatoms. The smallest absolute Gasteiger partial charge is 0.243 e. The number of piperidine rings is 1. The van der Waals surface area contributed by atoms with Gasteiger partial charge in [-0.2, -0.15) is 4.31 Å². The van der Waals surface area contributed by atoms with E-state index in [1.54, 1.807) is 22.5 Å². The van der Waals surface area contributed by atoms with E-state index in [2.05, 4.69) is 4.98 Å². The summed E-state index contributed by atoms with van der Waals surface area (Å²) in [5.41, 5.74) is 7.78. The average molecular weight is 388 g/mol. The van der Waals surface area contributed by atoms with Crippen LogP contribution in [0, 0.1) is 12.8 Å². The number of sulfonamides is 1. The summed E-state index contributed by atoms with van der Waals surface area (Å²) in [6.07, 6.45) is 0.700. The van der Waals surface area contributed by atoms with Crippen molar-refractivity contribution in [3.63, 3.8) is 0 Å². The van der Waals surface area contributed by atoms with Gasteiger partial charge in [0.15, 0.2) is 0 Å². The molecule has 1 saturated heterocycles. The van der Waals surface area contributed by atoms with Crippen LogP contribution in [0.15, 0.2) is 34.5 Å². The molecule has 24 heavy (non-hydrogen) atoms. The van der Waals surface area contributed by atoms with Gasteiger partial charge in [0.25, 0.3) is 0 Å². The standard InChI is InChI=1S/C16H21N3O2S2.ClH/c1-11-9-19(7-6-15(11)17)23(20,21)14-5-3-4-13(8-14)16-18-12(2)10-22-16;/h3-5,8,10-11,15H,6-7,9,17H2,1-2H3;1H. The molecule has 0 aliphatic carbocycles. The highest BCUT2D eigenvalue weighted by molar-refractivity contribution is 7.89. The predicted molar refractivity (Wildman–Crippen MR) is 100 cm³/mol. The lowest BCUT2D eigenvalue weighted by Gasteiger charge is -2.34. The summed E-state index contributed by atoms with van der Waals surface area (Å²) in [6, 6.07) is 7.11. The Labute approximate surface area is 153 Å². The molecule has 1 aromatic heterocycles. The lowest BCUT2D eigenvalue weighted by atomic mass is 9.96. The Hall–Kier alpha value is -0.990. The molecule has 1 fully saturated rings. The predicted octanol–water partition coefficient (Wildman–Crippen LogP) is 2.90. The molecule has 132 valence electrons. The Morgan fingerprint density at radius 1 is 1.38 bits per heavy atom. The van der Waals surface area contributed by atoms with Crippen LogP contribution in [0.4, 0.5) is 0 Å².